The van der Waals surface area contributed by atoms with Gasteiger partial charge in [-0.2, -0.15) is 5.10 Å². The SMILES string of the molecule is Cl.O=C(Cc1ccc(-n2cccn2)cc1)N1C[C@H]2CNC[C@H]2C1. The summed E-state index contributed by atoms with van der Waals surface area (Å²) in [4.78, 5) is 14.5. The number of hydrogen-bond acceptors (Lipinski definition) is 3. The van der Waals surface area contributed by atoms with Crippen LogP contribution >= 0.6 is 12.4 Å². The first kappa shape index (κ1) is 16.0. The summed E-state index contributed by atoms with van der Waals surface area (Å²) in [6.45, 7) is 3.96. The van der Waals surface area contributed by atoms with Gasteiger partial charge in [-0.05, 0) is 35.6 Å². The summed E-state index contributed by atoms with van der Waals surface area (Å²) in [5, 5.41) is 7.61. The number of carbonyl (C=O) groups excluding carboxylic acids is 1. The number of carbonyl (C=O) groups is 1. The van der Waals surface area contributed by atoms with Crippen LogP contribution < -0.4 is 5.32 Å². The number of nitrogens with zero attached hydrogens (tertiary/aromatic N) is 3. The highest BCUT2D eigenvalue weighted by Gasteiger charge is 2.37. The van der Waals surface area contributed by atoms with E-state index in [1.165, 1.54) is 0 Å². The Hall–Kier alpha value is -1.85. The van der Waals surface area contributed by atoms with Crippen LogP contribution in [-0.2, 0) is 11.2 Å². The maximum Gasteiger partial charge on any atom is 0.227 e. The summed E-state index contributed by atoms with van der Waals surface area (Å²) in [6, 6.07) is 9.97. The van der Waals surface area contributed by atoms with Crippen LogP contribution in [0.4, 0.5) is 0 Å². The number of benzene rings is 1. The predicted octanol–water partition coefficient (Wildman–Crippen LogP) is 1.51. The zero-order valence-electron chi connectivity index (χ0n) is 12.9. The summed E-state index contributed by atoms with van der Waals surface area (Å²) in [5.74, 6) is 1.57. The molecule has 1 N–H and O–H groups in total. The predicted molar refractivity (Wildman–Crippen MR) is 90.9 cm³/mol. The lowest BCUT2D eigenvalue weighted by atomic mass is 10.0. The number of rotatable bonds is 3. The summed E-state index contributed by atoms with van der Waals surface area (Å²) in [7, 11) is 0. The van der Waals surface area contributed by atoms with Gasteiger partial charge in [-0.1, -0.05) is 12.1 Å². The standard InChI is InChI=1S/C17H20N4O.ClH/c22-17(20-11-14-9-18-10-15(14)12-20)8-13-2-4-16(5-3-13)21-7-1-6-19-21;/h1-7,14-15,18H,8-12H2;1H/t14-,15+;. The van der Waals surface area contributed by atoms with Gasteiger partial charge in [0.25, 0.3) is 0 Å². The Labute approximate surface area is 142 Å². The van der Waals surface area contributed by atoms with Crippen molar-refractivity contribution in [2.24, 2.45) is 11.8 Å². The van der Waals surface area contributed by atoms with Crippen molar-refractivity contribution >= 4 is 18.3 Å². The van der Waals surface area contributed by atoms with E-state index in [1.807, 2.05) is 46.1 Å². The lowest BCUT2D eigenvalue weighted by molar-refractivity contribution is -0.129. The van der Waals surface area contributed by atoms with Crippen LogP contribution in [0.5, 0.6) is 0 Å². The molecule has 1 aromatic heterocycles. The van der Waals surface area contributed by atoms with E-state index in [1.54, 1.807) is 6.20 Å². The molecule has 0 unspecified atom stereocenters. The average molecular weight is 333 g/mol. The van der Waals surface area contributed by atoms with Crippen LogP contribution in [0.3, 0.4) is 0 Å². The summed E-state index contributed by atoms with van der Waals surface area (Å²) >= 11 is 0. The molecule has 2 atom stereocenters. The minimum Gasteiger partial charge on any atom is -0.342 e. The third-order valence-corrected chi connectivity index (χ3v) is 4.80. The van der Waals surface area contributed by atoms with Crippen molar-refractivity contribution in [1.29, 1.82) is 0 Å². The van der Waals surface area contributed by atoms with Crippen LogP contribution in [0.25, 0.3) is 5.69 Å². The van der Waals surface area contributed by atoms with Gasteiger partial charge < -0.3 is 10.2 Å². The monoisotopic (exact) mass is 332 g/mol. The highest BCUT2D eigenvalue weighted by Crippen LogP contribution is 2.26. The van der Waals surface area contributed by atoms with Gasteiger partial charge in [0.1, 0.15) is 0 Å². The normalized spacial score (nSPS) is 22.7. The fourth-order valence-corrected chi connectivity index (χ4v) is 3.53. The molecule has 3 heterocycles. The summed E-state index contributed by atoms with van der Waals surface area (Å²) in [6.07, 6.45) is 4.17. The molecule has 0 aliphatic carbocycles. The van der Waals surface area contributed by atoms with Crippen molar-refractivity contribution in [3.8, 4) is 5.69 Å². The Morgan fingerprint density at radius 2 is 1.87 bits per heavy atom. The molecule has 1 aromatic carbocycles. The van der Waals surface area contributed by atoms with Gasteiger partial charge in [0, 0.05) is 38.6 Å². The number of likely N-dealkylation sites (tertiary alicyclic amines) is 1. The van der Waals surface area contributed by atoms with Crippen molar-refractivity contribution in [1.82, 2.24) is 20.0 Å². The van der Waals surface area contributed by atoms with E-state index in [2.05, 4.69) is 10.4 Å². The molecule has 2 aliphatic heterocycles. The van der Waals surface area contributed by atoms with Crippen LogP contribution in [0.2, 0.25) is 0 Å². The van der Waals surface area contributed by atoms with Gasteiger partial charge in [0.05, 0.1) is 12.1 Å². The lowest BCUT2D eigenvalue weighted by Gasteiger charge is -2.17. The molecule has 23 heavy (non-hydrogen) atoms. The van der Waals surface area contributed by atoms with Crippen LogP contribution in [-0.4, -0.2) is 46.8 Å². The zero-order valence-corrected chi connectivity index (χ0v) is 13.7. The average Bonchev–Trinajstić information content (AvgIpc) is 3.24. The van der Waals surface area contributed by atoms with E-state index < -0.39 is 0 Å². The summed E-state index contributed by atoms with van der Waals surface area (Å²) in [5.41, 5.74) is 2.08. The Kier molecular flexibility index (Phi) is 4.68. The number of nitrogens with one attached hydrogen (secondary N) is 1. The van der Waals surface area contributed by atoms with Crippen molar-refractivity contribution in [2.45, 2.75) is 6.42 Å². The first-order valence-corrected chi connectivity index (χ1v) is 7.87. The van der Waals surface area contributed by atoms with Gasteiger partial charge in [-0.25, -0.2) is 4.68 Å². The van der Waals surface area contributed by atoms with Crippen LogP contribution in [0.15, 0.2) is 42.7 Å². The number of aromatic nitrogens is 2. The van der Waals surface area contributed by atoms with Crippen molar-refractivity contribution < 1.29 is 4.79 Å². The van der Waals surface area contributed by atoms with Gasteiger partial charge in [0.15, 0.2) is 0 Å². The van der Waals surface area contributed by atoms with Crippen molar-refractivity contribution in [2.75, 3.05) is 26.2 Å². The molecule has 5 nitrogen and oxygen atoms in total. The largest absolute Gasteiger partial charge is 0.342 e. The second kappa shape index (κ2) is 6.72. The number of fused-ring (bicyclic) bond motifs is 1. The van der Waals surface area contributed by atoms with E-state index in [0.29, 0.717) is 18.3 Å². The molecule has 0 saturated carbocycles. The molecule has 4 rings (SSSR count). The third-order valence-electron chi connectivity index (χ3n) is 4.80. The van der Waals surface area contributed by atoms with Gasteiger partial charge in [-0.3, -0.25) is 4.79 Å². The van der Waals surface area contributed by atoms with Crippen LogP contribution in [0.1, 0.15) is 5.56 Å². The second-order valence-electron chi connectivity index (χ2n) is 6.27. The molecule has 1 amide bonds. The number of amides is 1. The molecule has 2 fully saturated rings. The van der Waals surface area contributed by atoms with Crippen molar-refractivity contribution in [3.05, 3.63) is 48.3 Å². The molecule has 122 valence electrons. The minimum atomic E-state index is 0. The highest BCUT2D eigenvalue weighted by molar-refractivity contribution is 5.85. The maximum atomic E-state index is 12.4. The van der Waals surface area contributed by atoms with Gasteiger partial charge >= 0.3 is 0 Å². The topological polar surface area (TPSA) is 50.2 Å². The molecular weight excluding hydrogens is 312 g/mol. The fourth-order valence-electron chi connectivity index (χ4n) is 3.53. The van der Waals surface area contributed by atoms with Gasteiger partial charge in [0.2, 0.25) is 5.91 Å². The molecule has 2 aromatic rings. The number of hydrogen-bond donors (Lipinski definition) is 1. The fraction of sp³-hybridized carbons (Fsp3) is 0.412. The minimum absolute atomic E-state index is 0. The lowest BCUT2D eigenvalue weighted by Crippen LogP contribution is -2.32. The smallest absolute Gasteiger partial charge is 0.227 e. The van der Waals surface area contributed by atoms with E-state index in [-0.39, 0.29) is 18.3 Å². The Bertz CT molecular complexity index is 644. The first-order valence-electron chi connectivity index (χ1n) is 7.87. The third kappa shape index (κ3) is 3.26. The molecule has 0 radical (unpaired) electrons. The maximum absolute atomic E-state index is 12.4. The Balaban J connectivity index is 0.00000156. The summed E-state index contributed by atoms with van der Waals surface area (Å²) < 4.78 is 1.82. The molecule has 0 spiro atoms. The molecule has 0 bridgehead atoms. The second-order valence-corrected chi connectivity index (χ2v) is 6.27. The quantitative estimate of drug-likeness (QED) is 0.927. The van der Waals surface area contributed by atoms with E-state index >= 15 is 0 Å². The van der Waals surface area contributed by atoms with Gasteiger partial charge in [-0.15, -0.1) is 12.4 Å². The van der Waals surface area contributed by atoms with E-state index in [0.717, 1.165) is 37.4 Å². The van der Waals surface area contributed by atoms with E-state index in [9.17, 15) is 4.79 Å². The van der Waals surface area contributed by atoms with E-state index in [4.69, 9.17) is 0 Å². The number of halogens is 1. The van der Waals surface area contributed by atoms with Crippen LogP contribution in [0, 0.1) is 11.8 Å². The van der Waals surface area contributed by atoms with Crippen molar-refractivity contribution in [3.63, 3.8) is 0 Å². The molecule has 2 aliphatic rings. The first-order chi connectivity index (χ1) is 10.8. The Morgan fingerprint density at radius 3 is 2.48 bits per heavy atom. The highest BCUT2D eigenvalue weighted by atomic mass is 35.5. The molecular formula is C17H21ClN4O. The molecule has 6 heteroatoms. The molecule has 2 saturated heterocycles. The zero-order chi connectivity index (χ0) is 14.9. The Morgan fingerprint density at radius 1 is 1.17 bits per heavy atom.